The first-order valence-corrected chi connectivity index (χ1v) is 5.66. The number of hydrogen-bond acceptors (Lipinski definition) is 5. The average Bonchev–Trinajstić information content (AvgIpc) is 2.37. The maximum absolute atomic E-state index is 11.3. The number of methoxy groups -OCH3 is 1. The van der Waals surface area contributed by atoms with E-state index in [2.05, 4.69) is 5.32 Å². The van der Waals surface area contributed by atoms with E-state index in [-0.39, 0.29) is 6.42 Å². The highest BCUT2D eigenvalue weighted by molar-refractivity contribution is 5.87. The minimum absolute atomic E-state index is 0.243. The first-order chi connectivity index (χ1) is 8.61. The zero-order chi connectivity index (χ0) is 13.8. The second-order valence-electron chi connectivity index (χ2n) is 3.57. The lowest BCUT2D eigenvalue weighted by Gasteiger charge is -2.10. The molecule has 1 atom stereocenters. The van der Waals surface area contributed by atoms with Crippen LogP contribution in [0, 0.1) is 0 Å². The Hall–Kier alpha value is -1.22. The van der Waals surface area contributed by atoms with E-state index in [1.807, 2.05) is 5.43 Å². The molecule has 18 heavy (non-hydrogen) atoms. The van der Waals surface area contributed by atoms with E-state index in [0.717, 1.165) is 0 Å². The maximum atomic E-state index is 11.3. The summed E-state index contributed by atoms with van der Waals surface area (Å²) in [6.45, 7) is 1.97. The van der Waals surface area contributed by atoms with E-state index in [1.54, 1.807) is 7.11 Å². The van der Waals surface area contributed by atoms with Crippen molar-refractivity contribution in [2.45, 2.75) is 18.9 Å². The smallest absolute Gasteiger partial charge is 0.239 e. The highest BCUT2D eigenvalue weighted by atomic mass is 16.5. The predicted octanol–water partition coefficient (Wildman–Crippen LogP) is -1.81. The molecule has 0 saturated heterocycles. The summed E-state index contributed by atoms with van der Waals surface area (Å²) in [6, 6.07) is -1.14. The molecule has 0 aliphatic heterocycles. The Balaban J connectivity index is 3.49. The molecule has 2 amide bonds. The zero-order valence-electron chi connectivity index (χ0n) is 10.5. The zero-order valence-corrected chi connectivity index (χ0v) is 10.5. The Bertz CT molecular complexity index is 250. The van der Waals surface area contributed by atoms with Crippen molar-refractivity contribution in [1.29, 1.82) is 0 Å². The molecule has 0 aliphatic carbocycles. The van der Waals surface area contributed by atoms with Gasteiger partial charge in [-0.15, -0.1) is 0 Å². The Labute approximate surface area is 106 Å². The molecule has 0 spiro atoms. The average molecular weight is 261 g/mol. The summed E-state index contributed by atoms with van der Waals surface area (Å²) in [5.74, 6) is 3.83. The lowest BCUT2D eigenvalue weighted by Crippen LogP contribution is -2.41. The van der Waals surface area contributed by atoms with Crippen molar-refractivity contribution in [2.75, 3.05) is 33.5 Å². The van der Waals surface area contributed by atoms with E-state index in [9.17, 15) is 9.59 Å². The Morgan fingerprint density at radius 1 is 1.33 bits per heavy atom. The lowest BCUT2D eigenvalue weighted by molar-refractivity contribution is -0.127. The number of carbonyl (C=O) groups excluding carboxylic acids is 2. The van der Waals surface area contributed by atoms with Gasteiger partial charge in [0.25, 0.3) is 0 Å². The van der Waals surface area contributed by atoms with Crippen LogP contribution in [0.3, 0.4) is 0 Å². The van der Waals surface area contributed by atoms with Gasteiger partial charge in [0.15, 0.2) is 0 Å². The number of nitrogens with two attached hydrogens (primary N) is 1. The van der Waals surface area contributed by atoms with Crippen molar-refractivity contribution in [3.05, 3.63) is 0 Å². The number of rotatable bonds is 10. The normalized spacial score (nSPS) is 11.9. The highest BCUT2D eigenvalue weighted by Gasteiger charge is 2.16. The van der Waals surface area contributed by atoms with Gasteiger partial charge >= 0.3 is 0 Å². The van der Waals surface area contributed by atoms with Crippen molar-refractivity contribution in [2.24, 2.45) is 5.84 Å². The Morgan fingerprint density at radius 2 is 2.06 bits per heavy atom. The fourth-order valence-electron chi connectivity index (χ4n) is 1.09. The largest absolute Gasteiger partial charge is 0.382 e. The molecule has 5 N–H and O–H groups in total. The first-order valence-electron chi connectivity index (χ1n) is 5.66. The van der Waals surface area contributed by atoms with Crippen LogP contribution in [-0.4, -0.2) is 51.3 Å². The Kier molecular flexibility index (Phi) is 10.2. The molecule has 0 aromatic carbocycles. The van der Waals surface area contributed by atoms with Crippen LogP contribution in [0.15, 0.2) is 0 Å². The fraction of sp³-hybridized carbons (Fsp3) is 0.800. The van der Waals surface area contributed by atoms with E-state index < -0.39 is 17.9 Å². The van der Waals surface area contributed by atoms with Crippen molar-refractivity contribution in [3.63, 3.8) is 0 Å². The van der Waals surface area contributed by atoms with E-state index in [1.165, 1.54) is 0 Å². The summed E-state index contributed by atoms with van der Waals surface area (Å²) in [5, 5.41) is 2.54. The van der Waals surface area contributed by atoms with Crippen molar-refractivity contribution in [1.82, 2.24) is 16.5 Å². The minimum Gasteiger partial charge on any atom is -0.382 e. The van der Waals surface area contributed by atoms with Crippen LogP contribution in [0.25, 0.3) is 0 Å². The topological polar surface area (TPSA) is 126 Å². The Morgan fingerprint density at radius 3 is 2.67 bits per heavy atom. The van der Waals surface area contributed by atoms with Gasteiger partial charge in [-0.1, -0.05) is 0 Å². The third-order valence-electron chi connectivity index (χ3n) is 2.06. The number of ether oxygens (including phenoxy) is 2. The number of nitrogens with one attached hydrogen (secondary N) is 3. The summed E-state index contributed by atoms with van der Waals surface area (Å²) in [7, 11) is 1.59. The second-order valence-corrected chi connectivity index (χ2v) is 3.57. The van der Waals surface area contributed by atoms with E-state index in [0.29, 0.717) is 32.8 Å². The quantitative estimate of drug-likeness (QED) is 0.185. The van der Waals surface area contributed by atoms with Gasteiger partial charge in [-0.05, 0) is 6.42 Å². The summed E-state index contributed by atoms with van der Waals surface area (Å²) < 4.78 is 9.99. The molecule has 0 heterocycles. The molecule has 1 unspecified atom stereocenters. The molecule has 0 fully saturated rings. The van der Waals surface area contributed by atoms with Crippen LogP contribution in [0.2, 0.25) is 0 Å². The molecule has 0 rings (SSSR count). The molecule has 0 bridgehead atoms. The number of hydrazine groups is 1. The molecule has 0 aromatic rings. The third-order valence-corrected chi connectivity index (χ3v) is 2.06. The first kappa shape index (κ1) is 16.8. The predicted molar refractivity (Wildman–Crippen MR) is 64.2 cm³/mol. The monoisotopic (exact) mass is 261 g/mol. The summed E-state index contributed by atoms with van der Waals surface area (Å²) in [4.78, 5) is 22.2. The van der Waals surface area contributed by atoms with Crippen LogP contribution in [0.5, 0.6) is 0 Å². The molecule has 8 heteroatoms. The van der Waals surface area contributed by atoms with Gasteiger partial charge in [0.1, 0.15) is 6.04 Å². The molecular formula is C10H21N4O4. The summed E-state index contributed by atoms with van der Waals surface area (Å²) in [6.07, 6.45) is 0.401. The number of amides is 2. The van der Waals surface area contributed by atoms with Gasteiger partial charge in [-0.2, -0.15) is 0 Å². The van der Waals surface area contributed by atoms with Crippen LogP contribution >= 0.6 is 0 Å². The second kappa shape index (κ2) is 10.9. The van der Waals surface area contributed by atoms with Crippen molar-refractivity contribution < 1.29 is 19.1 Å². The third kappa shape index (κ3) is 8.88. The molecule has 0 aliphatic rings. The molecule has 105 valence electrons. The molecular weight excluding hydrogens is 240 g/mol. The maximum Gasteiger partial charge on any atom is 0.239 e. The molecule has 8 nitrogen and oxygen atoms in total. The molecule has 0 aromatic heterocycles. The van der Waals surface area contributed by atoms with Gasteiger partial charge in [-0.25, -0.2) is 11.6 Å². The van der Waals surface area contributed by atoms with Crippen LogP contribution in [0.4, 0.5) is 0 Å². The van der Waals surface area contributed by atoms with Gasteiger partial charge in [0.2, 0.25) is 11.8 Å². The van der Waals surface area contributed by atoms with Crippen molar-refractivity contribution in [3.8, 4) is 0 Å². The number of hydrogen-bond donors (Lipinski definition) is 3. The molecule has 1 radical (unpaired) electrons. The summed E-state index contributed by atoms with van der Waals surface area (Å²) >= 11 is 0. The minimum atomic E-state index is -1.14. The van der Waals surface area contributed by atoms with Crippen LogP contribution in [0.1, 0.15) is 12.8 Å². The van der Waals surface area contributed by atoms with Gasteiger partial charge in [0.05, 0.1) is 19.6 Å². The van der Waals surface area contributed by atoms with Crippen molar-refractivity contribution >= 4 is 11.8 Å². The lowest BCUT2D eigenvalue weighted by atomic mass is 10.2. The number of carbonyl (C=O) groups is 2. The summed E-state index contributed by atoms with van der Waals surface area (Å²) in [5.41, 5.74) is 9.28. The fourth-order valence-corrected chi connectivity index (χ4v) is 1.09. The molecule has 0 saturated carbocycles. The van der Waals surface area contributed by atoms with E-state index in [4.69, 9.17) is 21.1 Å². The van der Waals surface area contributed by atoms with Crippen LogP contribution in [-0.2, 0) is 19.1 Å². The highest BCUT2D eigenvalue weighted by Crippen LogP contribution is 1.90. The van der Waals surface area contributed by atoms with E-state index >= 15 is 0 Å². The van der Waals surface area contributed by atoms with Gasteiger partial charge in [0, 0.05) is 20.3 Å². The van der Waals surface area contributed by atoms with Crippen LogP contribution < -0.4 is 22.3 Å². The standard InChI is InChI=1S/C10H21N4O4/c1-17-5-6-18-4-2-3-13-10(16)8(11)7-9(15)14-12/h8,11H,2-7,12H2,1H3,(H,13,16)(H,14,15). The SMILES string of the molecule is COCCOCCCNC(=O)C([NH])CC(=O)NN. The van der Waals surface area contributed by atoms with Gasteiger partial charge < -0.3 is 14.8 Å². The van der Waals surface area contributed by atoms with Gasteiger partial charge in [-0.3, -0.25) is 15.0 Å².